The Morgan fingerprint density at radius 3 is 3.00 bits per heavy atom. The Hall–Kier alpha value is -2.97. The number of likely N-dealkylation sites (N-methyl/N-ethyl adjacent to an activating group) is 1. The van der Waals surface area contributed by atoms with E-state index in [9.17, 15) is 4.79 Å². The van der Waals surface area contributed by atoms with Crippen LogP contribution >= 0.6 is 0 Å². The molecule has 3 aromatic heterocycles. The standard InChI is InChI=1S/C11H11N7O2/c1-17(4-5-19)10-14-9(12)18-11(15-10)13-8(16-18)7-3-2-6-20-7/h2-3,5-6H,4H2,1H3,(H2,12,13,14,15,16). The third-order valence-electron chi connectivity index (χ3n) is 2.65. The number of aldehydes is 1. The van der Waals surface area contributed by atoms with Gasteiger partial charge in [0.15, 0.2) is 5.76 Å². The van der Waals surface area contributed by atoms with E-state index >= 15 is 0 Å². The molecule has 0 saturated carbocycles. The van der Waals surface area contributed by atoms with Crippen LogP contribution in [0.5, 0.6) is 0 Å². The number of carbonyl (C=O) groups is 1. The van der Waals surface area contributed by atoms with E-state index in [0.29, 0.717) is 17.5 Å². The topological polar surface area (TPSA) is 115 Å². The molecule has 3 heterocycles. The molecule has 0 aliphatic carbocycles. The third-order valence-corrected chi connectivity index (χ3v) is 2.65. The van der Waals surface area contributed by atoms with Crippen molar-refractivity contribution in [2.24, 2.45) is 0 Å². The van der Waals surface area contributed by atoms with Crippen molar-refractivity contribution in [3.63, 3.8) is 0 Å². The number of nitrogens with zero attached hydrogens (tertiary/aromatic N) is 6. The Kier molecular flexibility index (Phi) is 2.78. The maximum absolute atomic E-state index is 10.5. The molecule has 0 aromatic carbocycles. The van der Waals surface area contributed by atoms with Crippen LogP contribution in [0.25, 0.3) is 17.4 Å². The van der Waals surface area contributed by atoms with Gasteiger partial charge in [0.05, 0.1) is 12.8 Å². The van der Waals surface area contributed by atoms with Gasteiger partial charge in [-0.1, -0.05) is 0 Å². The molecule has 9 heteroatoms. The van der Waals surface area contributed by atoms with Crippen LogP contribution in [0.4, 0.5) is 11.9 Å². The average Bonchev–Trinajstić information content (AvgIpc) is 3.07. The highest BCUT2D eigenvalue weighted by atomic mass is 16.3. The highest BCUT2D eigenvalue weighted by Gasteiger charge is 2.15. The molecule has 0 atom stereocenters. The van der Waals surface area contributed by atoms with Gasteiger partial charge >= 0.3 is 0 Å². The van der Waals surface area contributed by atoms with Crippen LogP contribution in [0.1, 0.15) is 0 Å². The molecule has 0 unspecified atom stereocenters. The average molecular weight is 273 g/mol. The maximum atomic E-state index is 10.5. The van der Waals surface area contributed by atoms with Crippen LogP contribution in [0.15, 0.2) is 22.8 Å². The minimum Gasteiger partial charge on any atom is -0.461 e. The molecule has 2 N–H and O–H groups in total. The molecule has 9 nitrogen and oxygen atoms in total. The van der Waals surface area contributed by atoms with E-state index in [0.717, 1.165) is 6.29 Å². The number of anilines is 2. The summed E-state index contributed by atoms with van der Waals surface area (Å²) >= 11 is 0. The van der Waals surface area contributed by atoms with E-state index in [4.69, 9.17) is 10.2 Å². The van der Waals surface area contributed by atoms with Gasteiger partial charge in [-0.05, 0) is 12.1 Å². The molecule has 0 aliphatic heterocycles. The van der Waals surface area contributed by atoms with E-state index in [1.165, 1.54) is 10.8 Å². The summed E-state index contributed by atoms with van der Waals surface area (Å²) in [5, 5.41) is 4.17. The highest BCUT2D eigenvalue weighted by molar-refractivity contribution is 5.59. The van der Waals surface area contributed by atoms with E-state index in [2.05, 4.69) is 20.1 Å². The van der Waals surface area contributed by atoms with Gasteiger partial charge in [0.25, 0.3) is 5.78 Å². The zero-order chi connectivity index (χ0) is 14.1. The van der Waals surface area contributed by atoms with Crippen LogP contribution in [-0.4, -0.2) is 44.4 Å². The number of fused-ring (bicyclic) bond motifs is 1. The molecule has 102 valence electrons. The van der Waals surface area contributed by atoms with Gasteiger partial charge in [-0.25, -0.2) is 0 Å². The number of nitrogen functional groups attached to an aromatic ring is 1. The Morgan fingerprint density at radius 1 is 1.45 bits per heavy atom. The lowest BCUT2D eigenvalue weighted by molar-refractivity contribution is -0.106. The Labute approximate surface area is 113 Å². The minimum absolute atomic E-state index is 0.132. The Balaban J connectivity index is 2.09. The van der Waals surface area contributed by atoms with Gasteiger partial charge < -0.3 is 19.8 Å². The zero-order valence-electron chi connectivity index (χ0n) is 10.6. The van der Waals surface area contributed by atoms with Crippen molar-refractivity contribution >= 4 is 24.0 Å². The molecular formula is C11H11N7O2. The minimum atomic E-state index is 0.132. The van der Waals surface area contributed by atoms with Crippen molar-refractivity contribution in [1.82, 2.24) is 24.6 Å². The van der Waals surface area contributed by atoms with Crippen molar-refractivity contribution < 1.29 is 9.21 Å². The fourth-order valence-electron chi connectivity index (χ4n) is 1.67. The lowest BCUT2D eigenvalue weighted by Crippen LogP contribution is -2.23. The zero-order valence-corrected chi connectivity index (χ0v) is 10.6. The quantitative estimate of drug-likeness (QED) is 0.660. The molecular weight excluding hydrogens is 262 g/mol. The smallest absolute Gasteiger partial charge is 0.259 e. The number of hydrogen-bond acceptors (Lipinski definition) is 8. The Morgan fingerprint density at radius 2 is 2.30 bits per heavy atom. The van der Waals surface area contributed by atoms with Crippen molar-refractivity contribution in [3.8, 4) is 11.6 Å². The van der Waals surface area contributed by atoms with Gasteiger partial charge in [0.2, 0.25) is 17.7 Å². The number of carbonyl (C=O) groups excluding carboxylic acids is 1. The predicted octanol–water partition coefficient (Wildman–Crippen LogP) is -0.00340. The molecule has 20 heavy (non-hydrogen) atoms. The molecule has 0 fully saturated rings. The highest BCUT2D eigenvalue weighted by Crippen LogP contribution is 2.18. The normalized spacial score (nSPS) is 10.8. The first kappa shape index (κ1) is 12.1. The van der Waals surface area contributed by atoms with Crippen LogP contribution in [0.3, 0.4) is 0 Å². The summed E-state index contributed by atoms with van der Waals surface area (Å²) in [6.07, 6.45) is 2.28. The van der Waals surface area contributed by atoms with Gasteiger partial charge in [0.1, 0.15) is 6.29 Å². The molecule has 0 spiro atoms. The second-order valence-corrected chi connectivity index (χ2v) is 4.05. The second kappa shape index (κ2) is 4.61. The third kappa shape index (κ3) is 1.94. The second-order valence-electron chi connectivity index (χ2n) is 4.05. The summed E-state index contributed by atoms with van der Waals surface area (Å²) in [4.78, 5) is 24.6. The van der Waals surface area contributed by atoms with Crippen molar-refractivity contribution in [2.75, 3.05) is 24.2 Å². The lowest BCUT2D eigenvalue weighted by Gasteiger charge is -2.13. The van der Waals surface area contributed by atoms with Gasteiger partial charge in [-0.15, -0.1) is 5.10 Å². The maximum Gasteiger partial charge on any atom is 0.259 e. The van der Waals surface area contributed by atoms with Crippen molar-refractivity contribution in [2.45, 2.75) is 0 Å². The fourth-order valence-corrected chi connectivity index (χ4v) is 1.67. The lowest BCUT2D eigenvalue weighted by atomic mass is 10.4. The van der Waals surface area contributed by atoms with Gasteiger partial charge in [0, 0.05) is 7.05 Å². The van der Waals surface area contributed by atoms with E-state index < -0.39 is 0 Å². The van der Waals surface area contributed by atoms with Crippen molar-refractivity contribution in [1.29, 1.82) is 0 Å². The van der Waals surface area contributed by atoms with Crippen LogP contribution in [-0.2, 0) is 4.79 Å². The molecule has 0 saturated heterocycles. The van der Waals surface area contributed by atoms with Crippen molar-refractivity contribution in [3.05, 3.63) is 18.4 Å². The first-order chi connectivity index (χ1) is 9.69. The predicted molar refractivity (Wildman–Crippen MR) is 70.0 cm³/mol. The number of hydrogen-bond donors (Lipinski definition) is 1. The number of furan rings is 1. The Bertz CT molecular complexity index is 750. The molecule has 3 aromatic rings. The van der Waals surface area contributed by atoms with Gasteiger partial charge in [-0.2, -0.15) is 19.5 Å². The summed E-state index contributed by atoms with van der Waals surface area (Å²) in [5.41, 5.74) is 5.82. The van der Waals surface area contributed by atoms with Crippen LogP contribution in [0, 0.1) is 0 Å². The van der Waals surface area contributed by atoms with E-state index in [1.54, 1.807) is 24.1 Å². The monoisotopic (exact) mass is 273 g/mol. The summed E-state index contributed by atoms with van der Waals surface area (Å²) in [6.45, 7) is 0.161. The molecule has 0 radical (unpaired) electrons. The van der Waals surface area contributed by atoms with Crippen LogP contribution < -0.4 is 10.6 Å². The van der Waals surface area contributed by atoms with Gasteiger partial charge in [-0.3, -0.25) is 0 Å². The van der Waals surface area contributed by atoms with E-state index in [-0.39, 0.29) is 18.3 Å². The first-order valence-corrected chi connectivity index (χ1v) is 5.78. The summed E-state index contributed by atoms with van der Waals surface area (Å²) in [6, 6.07) is 3.47. The summed E-state index contributed by atoms with van der Waals surface area (Å²) < 4.78 is 6.54. The molecule has 0 bridgehead atoms. The van der Waals surface area contributed by atoms with Crippen LogP contribution in [0.2, 0.25) is 0 Å². The summed E-state index contributed by atoms with van der Waals surface area (Å²) in [7, 11) is 1.68. The summed E-state index contributed by atoms with van der Waals surface area (Å²) in [5.74, 6) is 1.61. The fraction of sp³-hybridized carbons (Fsp3) is 0.182. The largest absolute Gasteiger partial charge is 0.461 e. The van der Waals surface area contributed by atoms with E-state index in [1.807, 2.05) is 0 Å². The molecule has 3 rings (SSSR count). The number of aromatic nitrogens is 5. The molecule has 0 amide bonds. The number of nitrogens with two attached hydrogens (primary N) is 1. The first-order valence-electron chi connectivity index (χ1n) is 5.78. The number of rotatable bonds is 4. The SMILES string of the molecule is CN(CC=O)c1nc(N)n2nc(-c3ccco3)nc2n1. The molecule has 0 aliphatic rings.